The molecule has 0 spiro atoms. The summed E-state index contributed by atoms with van der Waals surface area (Å²) < 4.78 is 0. The van der Waals surface area contributed by atoms with Gasteiger partial charge in [0.1, 0.15) is 0 Å². The van der Waals surface area contributed by atoms with Gasteiger partial charge in [-0.15, -0.1) is 0 Å². The summed E-state index contributed by atoms with van der Waals surface area (Å²) >= 11 is 0. The minimum Gasteiger partial charge on any atom is -0.388 e. The van der Waals surface area contributed by atoms with Crippen LogP contribution in [0, 0.1) is 20.8 Å². The first-order chi connectivity index (χ1) is 9.54. The second kappa shape index (κ2) is 6.21. The van der Waals surface area contributed by atoms with E-state index in [2.05, 4.69) is 19.1 Å². The molecule has 2 unspecified atom stereocenters. The SMILES string of the molecule is Cc1cccc(C(CN)C(O)c2c(C)cccc2C)c1. The van der Waals surface area contributed by atoms with Gasteiger partial charge in [-0.3, -0.25) is 0 Å². The maximum absolute atomic E-state index is 10.8. The lowest BCUT2D eigenvalue weighted by Gasteiger charge is -2.25. The topological polar surface area (TPSA) is 46.2 Å². The molecule has 0 aromatic heterocycles. The van der Waals surface area contributed by atoms with Crippen molar-refractivity contribution < 1.29 is 5.11 Å². The average Bonchev–Trinajstić information content (AvgIpc) is 2.39. The van der Waals surface area contributed by atoms with Crippen molar-refractivity contribution >= 4 is 0 Å². The lowest BCUT2D eigenvalue weighted by Crippen LogP contribution is -2.21. The molecule has 0 fully saturated rings. The highest BCUT2D eigenvalue weighted by Crippen LogP contribution is 2.33. The first-order valence-corrected chi connectivity index (χ1v) is 7.05. The number of aliphatic hydroxyl groups excluding tert-OH is 1. The van der Waals surface area contributed by atoms with Gasteiger partial charge in [-0.2, -0.15) is 0 Å². The molecule has 0 saturated heterocycles. The standard InChI is InChI=1S/C18H23NO/c1-12-6-4-9-15(10-12)16(11-19)18(20)17-13(2)7-5-8-14(17)3/h4-10,16,18,20H,11,19H2,1-3H3. The van der Waals surface area contributed by atoms with E-state index in [1.807, 2.05) is 44.2 Å². The summed E-state index contributed by atoms with van der Waals surface area (Å²) in [4.78, 5) is 0. The molecule has 0 amide bonds. The van der Waals surface area contributed by atoms with Gasteiger partial charge in [-0.05, 0) is 43.0 Å². The normalized spacial score (nSPS) is 14.1. The van der Waals surface area contributed by atoms with Crippen LogP contribution in [0.4, 0.5) is 0 Å². The maximum Gasteiger partial charge on any atom is 0.0875 e. The van der Waals surface area contributed by atoms with Gasteiger partial charge in [0.15, 0.2) is 0 Å². The lowest BCUT2D eigenvalue weighted by molar-refractivity contribution is 0.146. The van der Waals surface area contributed by atoms with Crippen LogP contribution in [0.3, 0.4) is 0 Å². The Morgan fingerprint density at radius 2 is 1.60 bits per heavy atom. The van der Waals surface area contributed by atoms with Crippen molar-refractivity contribution in [1.29, 1.82) is 0 Å². The molecule has 106 valence electrons. The van der Waals surface area contributed by atoms with Crippen molar-refractivity contribution in [1.82, 2.24) is 0 Å². The molecule has 0 aliphatic heterocycles. The maximum atomic E-state index is 10.8. The average molecular weight is 269 g/mol. The summed E-state index contributed by atoms with van der Waals surface area (Å²) in [6, 6.07) is 14.3. The van der Waals surface area contributed by atoms with Gasteiger partial charge in [0.05, 0.1) is 6.10 Å². The third-order valence-corrected chi connectivity index (χ3v) is 3.94. The Labute approximate surface area is 121 Å². The van der Waals surface area contributed by atoms with Gasteiger partial charge in [0, 0.05) is 12.5 Å². The molecule has 2 rings (SSSR count). The molecule has 0 bridgehead atoms. The monoisotopic (exact) mass is 269 g/mol. The number of benzene rings is 2. The van der Waals surface area contributed by atoms with Gasteiger partial charge < -0.3 is 10.8 Å². The summed E-state index contributed by atoms with van der Waals surface area (Å²) in [5.74, 6) is -0.0744. The first kappa shape index (κ1) is 14.8. The van der Waals surface area contributed by atoms with Gasteiger partial charge in [-0.25, -0.2) is 0 Å². The van der Waals surface area contributed by atoms with Gasteiger partial charge in [-0.1, -0.05) is 48.0 Å². The van der Waals surface area contributed by atoms with E-state index in [4.69, 9.17) is 5.73 Å². The zero-order valence-corrected chi connectivity index (χ0v) is 12.4. The summed E-state index contributed by atoms with van der Waals surface area (Å²) in [6.07, 6.45) is -0.567. The van der Waals surface area contributed by atoms with E-state index in [1.54, 1.807) is 0 Å². The number of hydrogen-bond donors (Lipinski definition) is 2. The number of aliphatic hydroxyl groups is 1. The molecule has 2 aromatic carbocycles. The fourth-order valence-corrected chi connectivity index (χ4v) is 2.84. The minimum atomic E-state index is -0.567. The minimum absolute atomic E-state index is 0.0744. The Kier molecular flexibility index (Phi) is 4.58. The van der Waals surface area contributed by atoms with E-state index in [1.165, 1.54) is 5.56 Å². The Morgan fingerprint density at radius 3 is 2.15 bits per heavy atom. The van der Waals surface area contributed by atoms with E-state index in [0.717, 1.165) is 22.3 Å². The fourth-order valence-electron chi connectivity index (χ4n) is 2.84. The van der Waals surface area contributed by atoms with E-state index in [-0.39, 0.29) is 5.92 Å². The Bertz CT molecular complexity index is 571. The predicted molar refractivity (Wildman–Crippen MR) is 83.9 cm³/mol. The Balaban J connectivity index is 2.41. The summed E-state index contributed by atoms with van der Waals surface area (Å²) in [5.41, 5.74) is 11.5. The summed E-state index contributed by atoms with van der Waals surface area (Å²) in [7, 11) is 0. The van der Waals surface area contributed by atoms with Crippen LogP contribution in [0.25, 0.3) is 0 Å². The Hall–Kier alpha value is -1.64. The van der Waals surface area contributed by atoms with Crippen molar-refractivity contribution in [2.24, 2.45) is 5.73 Å². The quantitative estimate of drug-likeness (QED) is 0.893. The van der Waals surface area contributed by atoms with Gasteiger partial charge >= 0.3 is 0 Å². The largest absolute Gasteiger partial charge is 0.388 e. The number of rotatable bonds is 4. The van der Waals surface area contributed by atoms with E-state index in [9.17, 15) is 5.11 Å². The van der Waals surface area contributed by atoms with Crippen LogP contribution >= 0.6 is 0 Å². The molecule has 2 nitrogen and oxygen atoms in total. The van der Waals surface area contributed by atoms with E-state index >= 15 is 0 Å². The van der Waals surface area contributed by atoms with Gasteiger partial charge in [0.2, 0.25) is 0 Å². The van der Waals surface area contributed by atoms with Crippen LogP contribution in [0.15, 0.2) is 42.5 Å². The molecule has 2 heteroatoms. The molecule has 0 heterocycles. The van der Waals surface area contributed by atoms with Crippen LogP contribution in [0.1, 0.15) is 39.8 Å². The van der Waals surface area contributed by atoms with Crippen LogP contribution in [-0.2, 0) is 0 Å². The van der Waals surface area contributed by atoms with Crippen LogP contribution in [0.2, 0.25) is 0 Å². The highest BCUT2D eigenvalue weighted by Gasteiger charge is 2.24. The summed E-state index contributed by atoms with van der Waals surface area (Å²) in [6.45, 7) is 6.56. The van der Waals surface area contributed by atoms with Crippen LogP contribution in [0.5, 0.6) is 0 Å². The van der Waals surface area contributed by atoms with Crippen molar-refractivity contribution in [3.8, 4) is 0 Å². The fraction of sp³-hybridized carbons (Fsp3) is 0.333. The van der Waals surface area contributed by atoms with E-state index < -0.39 is 6.10 Å². The number of aryl methyl sites for hydroxylation is 3. The molecule has 20 heavy (non-hydrogen) atoms. The van der Waals surface area contributed by atoms with Crippen molar-refractivity contribution in [3.63, 3.8) is 0 Å². The van der Waals surface area contributed by atoms with Crippen molar-refractivity contribution in [2.45, 2.75) is 32.8 Å². The number of hydrogen-bond acceptors (Lipinski definition) is 2. The lowest BCUT2D eigenvalue weighted by atomic mass is 9.85. The summed E-state index contributed by atoms with van der Waals surface area (Å²) in [5, 5.41) is 10.8. The third-order valence-electron chi connectivity index (χ3n) is 3.94. The van der Waals surface area contributed by atoms with Crippen LogP contribution < -0.4 is 5.73 Å². The highest BCUT2D eigenvalue weighted by atomic mass is 16.3. The molecule has 0 radical (unpaired) electrons. The molecule has 2 aromatic rings. The number of nitrogens with two attached hydrogens (primary N) is 1. The van der Waals surface area contributed by atoms with Crippen molar-refractivity contribution in [2.75, 3.05) is 6.54 Å². The third kappa shape index (κ3) is 2.92. The zero-order chi connectivity index (χ0) is 14.7. The molecule has 3 N–H and O–H groups in total. The Morgan fingerprint density at radius 1 is 1.00 bits per heavy atom. The second-order valence-electron chi connectivity index (χ2n) is 5.51. The van der Waals surface area contributed by atoms with Gasteiger partial charge in [0.25, 0.3) is 0 Å². The zero-order valence-electron chi connectivity index (χ0n) is 12.4. The first-order valence-electron chi connectivity index (χ1n) is 7.05. The van der Waals surface area contributed by atoms with Crippen LogP contribution in [-0.4, -0.2) is 11.7 Å². The molecule has 0 aliphatic rings. The molecule has 0 aliphatic carbocycles. The highest BCUT2D eigenvalue weighted by molar-refractivity contribution is 5.38. The predicted octanol–water partition coefficient (Wildman–Crippen LogP) is 3.39. The smallest absolute Gasteiger partial charge is 0.0875 e. The van der Waals surface area contributed by atoms with Crippen molar-refractivity contribution in [3.05, 3.63) is 70.3 Å². The van der Waals surface area contributed by atoms with E-state index in [0.29, 0.717) is 6.54 Å². The molecule has 0 saturated carbocycles. The molecular formula is C18H23NO. The molecule has 2 atom stereocenters. The second-order valence-corrected chi connectivity index (χ2v) is 5.51. The molecular weight excluding hydrogens is 246 g/mol.